The summed E-state index contributed by atoms with van der Waals surface area (Å²) in [6, 6.07) is 10.4. The molecule has 1 unspecified atom stereocenters. The van der Waals surface area contributed by atoms with Gasteiger partial charge in [-0.25, -0.2) is 4.98 Å². The second-order valence-corrected chi connectivity index (χ2v) is 9.22. The summed E-state index contributed by atoms with van der Waals surface area (Å²) in [6.07, 6.45) is 0.796. The van der Waals surface area contributed by atoms with Crippen molar-refractivity contribution in [3.05, 3.63) is 62.9 Å². The number of ether oxygens (including phenoxy) is 1. The lowest BCUT2D eigenvalue weighted by molar-refractivity contribution is -0.147. The molecule has 0 saturated heterocycles. The van der Waals surface area contributed by atoms with Crippen LogP contribution in [0, 0.1) is 0 Å². The second kappa shape index (κ2) is 8.39. The molecule has 0 radical (unpaired) electrons. The van der Waals surface area contributed by atoms with E-state index in [9.17, 15) is 14.7 Å². The lowest BCUT2D eigenvalue weighted by Crippen LogP contribution is -2.35. The number of pyridine rings is 2. The highest BCUT2D eigenvalue weighted by atomic mass is 16.5. The van der Waals surface area contributed by atoms with Crippen molar-refractivity contribution in [1.82, 2.24) is 14.5 Å². The number of para-hydroxylation sites is 1. The number of hydrogen-bond donors (Lipinski definition) is 1. The van der Waals surface area contributed by atoms with Crippen molar-refractivity contribution in [3.63, 3.8) is 0 Å². The lowest BCUT2D eigenvalue weighted by Gasteiger charge is -2.26. The summed E-state index contributed by atoms with van der Waals surface area (Å²) in [5, 5.41) is 10.6. The monoisotopic (exact) mass is 447 g/mol. The molecule has 2 aliphatic heterocycles. The molecule has 0 aliphatic carbocycles. The molecule has 0 amide bonds. The van der Waals surface area contributed by atoms with Crippen molar-refractivity contribution >= 4 is 16.9 Å². The molecule has 4 heterocycles. The highest BCUT2D eigenvalue weighted by Gasteiger charge is 2.33. The van der Waals surface area contributed by atoms with Gasteiger partial charge in [0.15, 0.2) is 0 Å². The van der Waals surface area contributed by atoms with E-state index in [0.29, 0.717) is 24.7 Å². The van der Waals surface area contributed by atoms with Crippen molar-refractivity contribution < 1.29 is 14.6 Å². The van der Waals surface area contributed by atoms with Crippen LogP contribution in [0.4, 0.5) is 0 Å². The second-order valence-electron chi connectivity index (χ2n) is 9.22. The molecule has 0 fully saturated rings. The molecule has 33 heavy (non-hydrogen) atoms. The molecule has 5 rings (SSSR count). The largest absolute Gasteiger partial charge is 0.460 e. The number of hydrogen-bond acceptors (Lipinski definition) is 6. The van der Waals surface area contributed by atoms with Crippen molar-refractivity contribution in [2.45, 2.75) is 52.3 Å². The van der Waals surface area contributed by atoms with Gasteiger partial charge in [-0.1, -0.05) is 18.2 Å². The molecule has 7 nitrogen and oxygen atoms in total. The van der Waals surface area contributed by atoms with E-state index in [1.54, 1.807) is 11.5 Å². The standard InChI is InChI=1S/C26H29N3O4/c1-15(2)28(10-11-30)9-8-17-18-6-4-5-7-22(18)27-24-20(17)13-29-23(24)12-19-16(3)26(32)33-14-21(19)25(29)31/h4-7,12,15-16,30H,8-11,13-14H2,1-3H3. The van der Waals surface area contributed by atoms with Crippen molar-refractivity contribution in [1.29, 1.82) is 0 Å². The Morgan fingerprint density at radius 3 is 2.76 bits per heavy atom. The number of aromatic nitrogens is 2. The molecule has 2 aliphatic rings. The molecule has 3 aromatic rings. The molecule has 1 aromatic carbocycles. The van der Waals surface area contributed by atoms with Gasteiger partial charge in [-0.2, -0.15) is 0 Å². The molecule has 0 bridgehead atoms. The van der Waals surface area contributed by atoms with Gasteiger partial charge in [-0.3, -0.25) is 14.5 Å². The summed E-state index contributed by atoms with van der Waals surface area (Å²) in [5.41, 5.74) is 5.99. The van der Waals surface area contributed by atoms with Crippen LogP contribution >= 0.6 is 0 Å². The minimum Gasteiger partial charge on any atom is -0.460 e. The zero-order chi connectivity index (χ0) is 23.3. The number of nitrogens with zero attached hydrogens (tertiary/aromatic N) is 3. The average Bonchev–Trinajstić information content (AvgIpc) is 3.17. The van der Waals surface area contributed by atoms with Crippen molar-refractivity contribution in [3.8, 4) is 11.4 Å². The van der Waals surface area contributed by atoms with Crippen LogP contribution in [-0.2, 0) is 29.1 Å². The van der Waals surface area contributed by atoms with Crippen LogP contribution in [-0.4, -0.2) is 51.3 Å². The van der Waals surface area contributed by atoms with Crippen LogP contribution in [0.5, 0.6) is 0 Å². The molecule has 1 N–H and O–H groups in total. The number of esters is 1. The highest BCUT2D eigenvalue weighted by Crippen LogP contribution is 2.38. The van der Waals surface area contributed by atoms with Crippen LogP contribution in [0.15, 0.2) is 35.1 Å². The first kappa shape index (κ1) is 21.8. The zero-order valence-corrected chi connectivity index (χ0v) is 19.3. The maximum Gasteiger partial charge on any atom is 0.313 e. The van der Waals surface area contributed by atoms with Gasteiger partial charge in [-0.15, -0.1) is 0 Å². The van der Waals surface area contributed by atoms with E-state index in [4.69, 9.17) is 9.72 Å². The SMILES string of the molecule is CC1C(=O)OCc2c1cc1n(c2=O)Cc2c-1nc1ccccc1c2CCN(CCO)C(C)C. The molecule has 1 atom stereocenters. The Balaban J connectivity index is 1.65. The van der Waals surface area contributed by atoms with Gasteiger partial charge in [0.05, 0.1) is 41.5 Å². The first-order valence-electron chi connectivity index (χ1n) is 11.6. The van der Waals surface area contributed by atoms with Gasteiger partial charge in [0.2, 0.25) is 0 Å². The van der Waals surface area contributed by atoms with E-state index in [1.165, 1.54) is 5.56 Å². The summed E-state index contributed by atoms with van der Waals surface area (Å²) >= 11 is 0. The number of benzene rings is 1. The Morgan fingerprint density at radius 2 is 2.00 bits per heavy atom. The number of cyclic esters (lactones) is 1. The van der Waals surface area contributed by atoms with Gasteiger partial charge < -0.3 is 14.4 Å². The summed E-state index contributed by atoms with van der Waals surface area (Å²) in [4.78, 5) is 32.7. The Kier molecular flexibility index (Phi) is 5.54. The normalized spacial score (nSPS) is 16.8. The van der Waals surface area contributed by atoms with E-state index in [-0.39, 0.29) is 24.7 Å². The summed E-state index contributed by atoms with van der Waals surface area (Å²) in [5.74, 6) is -0.760. The highest BCUT2D eigenvalue weighted by molar-refractivity contribution is 5.88. The molecular formula is C26H29N3O4. The van der Waals surface area contributed by atoms with Gasteiger partial charge in [-0.05, 0) is 50.5 Å². The average molecular weight is 448 g/mol. The third-order valence-corrected chi connectivity index (χ3v) is 7.05. The maximum absolute atomic E-state index is 13.4. The van der Waals surface area contributed by atoms with Gasteiger partial charge >= 0.3 is 5.97 Å². The number of carbonyl (C=O) groups excluding carboxylic acids is 1. The fourth-order valence-corrected chi connectivity index (χ4v) is 5.15. The first-order valence-corrected chi connectivity index (χ1v) is 11.6. The van der Waals surface area contributed by atoms with Gasteiger partial charge in [0.1, 0.15) is 6.61 Å². The van der Waals surface area contributed by atoms with Crippen molar-refractivity contribution in [2.75, 3.05) is 19.7 Å². The molecule has 172 valence electrons. The Labute approximate surface area is 192 Å². The number of aliphatic hydroxyl groups is 1. The Morgan fingerprint density at radius 1 is 1.21 bits per heavy atom. The smallest absolute Gasteiger partial charge is 0.313 e. The topological polar surface area (TPSA) is 84.7 Å². The Bertz CT molecular complexity index is 1310. The molecule has 0 spiro atoms. The number of rotatable bonds is 6. The lowest BCUT2D eigenvalue weighted by atomic mass is 9.93. The van der Waals surface area contributed by atoms with E-state index < -0.39 is 5.92 Å². The van der Waals surface area contributed by atoms with Gasteiger partial charge in [0, 0.05) is 30.1 Å². The van der Waals surface area contributed by atoms with Crippen LogP contribution in [0.1, 0.15) is 48.9 Å². The summed E-state index contributed by atoms with van der Waals surface area (Å²) in [6.45, 7) is 8.10. The molecule has 2 aromatic heterocycles. The fraction of sp³-hybridized carbons (Fsp3) is 0.423. The third-order valence-electron chi connectivity index (χ3n) is 7.05. The number of aliphatic hydroxyl groups excluding tert-OH is 1. The molecule has 0 saturated carbocycles. The van der Waals surface area contributed by atoms with E-state index >= 15 is 0 Å². The zero-order valence-electron chi connectivity index (χ0n) is 19.3. The van der Waals surface area contributed by atoms with E-state index in [1.807, 2.05) is 24.3 Å². The van der Waals surface area contributed by atoms with E-state index in [0.717, 1.165) is 46.4 Å². The minimum absolute atomic E-state index is 0.0285. The van der Waals surface area contributed by atoms with E-state index in [2.05, 4.69) is 24.8 Å². The van der Waals surface area contributed by atoms with Crippen LogP contribution in [0.25, 0.3) is 22.3 Å². The number of fused-ring (bicyclic) bond motifs is 5. The fourth-order valence-electron chi connectivity index (χ4n) is 5.15. The molecule has 7 heteroatoms. The first-order chi connectivity index (χ1) is 15.9. The summed E-state index contributed by atoms with van der Waals surface area (Å²) in [7, 11) is 0. The molecular weight excluding hydrogens is 418 g/mol. The predicted molar refractivity (Wildman–Crippen MR) is 126 cm³/mol. The number of carbonyl (C=O) groups is 1. The predicted octanol–water partition coefficient (Wildman–Crippen LogP) is 2.83. The third kappa shape index (κ3) is 3.56. The Hall–Kier alpha value is -3.03. The summed E-state index contributed by atoms with van der Waals surface area (Å²) < 4.78 is 7.01. The quantitative estimate of drug-likeness (QED) is 0.458. The van der Waals surface area contributed by atoms with Crippen LogP contribution in [0.2, 0.25) is 0 Å². The van der Waals surface area contributed by atoms with Gasteiger partial charge in [0.25, 0.3) is 5.56 Å². The van der Waals surface area contributed by atoms with Crippen LogP contribution < -0.4 is 5.56 Å². The van der Waals surface area contributed by atoms with Crippen molar-refractivity contribution in [2.24, 2.45) is 0 Å². The minimum atomic E-state index is -0.464. The maximum atomic E-state index is 13.4. The van der Waals surface area contributed by atoms with Crippen LogP contribution in [0.3, 0.4) is 0 Å².